The van der Waals surface area contributed by atoms with Crippen molar-refractivity contribution in [2.45, 2.75) is 18.8 Å². The SMILES string of the molecule is Cn1c(=O)c2ccc(Br)cc2n2nc(C3CCOCC3)cc12. The van der Waals surface area contributed by atoms with E-state index in [0.717, 1.165) is 47.4 Å². The zero-order chi connectivity index (χ0) is 15.3. The Labute approximate surface area is 135 Å². The molecule has 4 rings (SSSR count). The molecule has 2 aromatic heterocycles. The van der Waals surface area contributed by atoms with E-state index in [2.05, 4.69) is 15.9 Å². The molecule has 3 heterocycles. The summed E-state index contributed by atoms with van der Waals surface area (Å²) < 4.78 is 9.92. The molecule has 1 aliphatic heterocycles. The Kier molecular flexibility index (Phi) is 3.31. The molecule has 6 heteroatoms. The fraction of sp³-hybridized carbons (Fsp3) is 0.375. The van der Waals surface area contributed by atoms with Gasteiger partial charge in [-0.1, -0.05) is 15.9 Å². The summed E-state index contributed by atoms with van der Waals surface area (Å²) in [7, 11) is 1.80. The molecule has 1 aromatic carbocycles. The summed E-state index contributed by atoms with van der Waals surface area (Å²) in [6, 6.07) is 7.72. The third kappa shape index (κ3) is 2.09. The van der Waals surface area contributed by atoms with E-state index in [0.29, 0.717) is 11.3 Å². The molecule has 0 N–H and O–H groups in total. The smallest absolute Gasteiger partial charge is 0.261 e. The maximum absolute atomic E-state index is 12.5. The van der Waals surface area contributed by atoms with Crippen LogP contribution in [0.25, 0.3) is 16.6 Å². The first-order valence-electron chi connectivity index (χ1n) is 7.41. The molecule has 5 nitrogen and oxygen atoms in total. The average molecular weight is 362 g/mol. The van der Waals surface area contributed by atoms with Gasteiger partial charge < -0.3 is 4.74 Å². The van der Waals surface area contributed by atoms with E-state index in [9.17, 15) is 4.79 Å². The third-order valence-corrected chi connectivity index (χ3v) is 4.91. The van der Waals surface area contributed by atoms with Crippen molar-refractivity contribution < 1.29 is 4.74 Å². The summed E-state index contributed by atoms with van der Waals surface area (Å²) in [6.45, 7) is 1.56. The summed E-state index contributed by atoms with van der Waals surface area (Å²) >= 11 is 3.48. The van der Waals surface area contributed by atoms with Gasteiger partial charge in [-0.25, -0.2) is 4.52 Å². The second-order valence-corrected chi connectivity index (χ2v) is 6.67. The van der Waals surface area contributed by atoms with Crippen LogP contribution in [-0.2, 0) is 11.8 Å². The van der Waals surface area contributed by atoms with Crippen LogP contribution >= 0.6 is 15.9 Å². The van der Waals surface area contributed by atoms with Crippen molar-refractivity contribution in [1.82, 2.24) is 14.2 Å². The van der Waals surface area contributed by atoms with Crippen LogP contribution in [0.4, 0.5) is 0 Å². The monoisotopic (exact) mass is 361 g/mol. The Balaban J connectivity index is 2.01. The summed E-state index contributed by atoms with van der Waals surface area (Å²) in [5.41, 5.74) is 2.72. The second-order valence-electron chi connectivity index (χ2n) is 5.75. The average Bonchev–Trinajstić information content (AvgIpc) is 2.99. The van der Waals surface area contributed by atoms with Gasteiger partial charge in [0.15, 0.2) is 0 Å². The highest BCUT2D eigenvalue weighted by Gasteiger charge is 2.20. The fourth-order valence-corrected chi connectivity index (χ4v) is 3.49. The molecule has 0 unspecified atom stereocenters. The van der Waals surface area contributed by atoms with Crippen LogP contribution in [0.15, 0.2) is 33.5 Å². The lowest BCUT2D eigenvalue weighted by Gasteiger charge is -2.19. The highest BCUT2D eigenvalue weighted by atomic mass is 79.9. The van der Waals surface area contributed by atoms with Crippen LogP contribution in [0, 0.1) is 0 Å². The molecule has 0 amide bonds. The Bertz CT molecular complexity index is 922. The molecule has 22 heavy (non-hydrogen) atoms. The van der Waals surface area contributed by atoms with Gasteiger partial charge in [0.2, 0.25) is 0 Å². The molecule has 1 aliphatic rings. The molecule has 0 bridgehead atoms. The number of nitrogens with zero attached hydrogens (tertiary/aromatic N) is 3. The van der Waals surface area contributed by atoms with Crippen LogP contribution in [0.1, 0.15) is 24.5 Å². The van der Waals surface area contributed by atoms with Crippen molar-refractivity contribution in [2.24, 2.45) is 7.05 Å². The molecular weight excluding hydrogens is 346 g/mol. The Morgan fingerprint density at radius 1 is 1.27 bits per heavy atom. The van der Waals surface area contributed by atoms with E-state index in [-0.39, 0.29) is 5.56 Å². The molecule has 0 atom stereocenters. The lowest BCUT2D eigenvalue weighted by molar-refractivity contribution is 0.0844. The molecule has 0 spiro atoms. The zero-order valence-electron chi connectivity index (χ0n) is 12.3. The number of benzene rings is 1. The molecular formula is C16H16BrN3O2. The van der Waals surface area contributed by atoms with Gasteiger partial charge in [0.25, 0.3) is 5.56 Å². The first-order chi connectivity index (χ1) is 10.6. The maximum atomic E-state index is 12.5. The molecule has 1 saturated heterocycles. The van der Waals surface area contributed by atoms with E-state index >= 15 is 0 Å². The largest absolute Gasteiger partial charge is 0.381 e. The van der Waals surface area contributed by atoms with E-state index in [4.69, 9.17) is 9.84 Å². The Morgan fingerprint density at radius 3 is 2.82 bits per heavy atom. The van der Waals surface area contributed by atoms with E-state index in [1.54, 1.807) is 11.6 Å². The molecule has 0 radical (unpaired) electrons. The minimum atomic E-state index is 0.00780. The van der Waals surface area contributed by atoms with Crippen molar-refractivity contribution in [2.75, 3.05) is 13.2 Å². The van der Waals surface area contributed by atoms with Gasteiger partial charge >= 0.3 is 0 Å². The minimum Gasteiger partial charge on any atom is -0.381 e. The van der Waals surface area contributed by atoms with Gasteiger partial charge in [-0.2, -0.15) is 5.10 Å². The summed E-state index contributed by atoms with van der Waals surface area (Å²) in [5, 5.41) is 5.47. The number of fused-ring (bicyclic) bond motifs is 3. The van der Waals surface area contributed by atoms with Crippen molar-refractivity contribution >= 4 is 32.5 Å². The van der Waals surface area contributed by atoms with Gasteiger partial charge in [-0.05, 0) is 31.0 Å². The lowest BCUT2D eigenvalue weighted by Crippen LogP contribution is -2.19. The number of ether oxygens (including phenoxy) is 1. The molecule has 114 valence electrons. The Morgan fingerprint density at radius 2 is 2.05 bits per heavy atom. The van der Waals surface area contributed by atoms with Gasteiger partial charge in [-0.15, -0.1) is 0 Å². The predicted octanol–water partition coefficient (Wildman–Crippen LogP) is 2.84. The van der Waals surface area contributed by atoms with Gasteiger partial charge in [0.1, 0.15) is 5.65 Å². The van der Waals surface area contributed by atoms with Crippen molar-refractivity contribution in [3.63, 3.8) is 0 Å². The third-order valence-electron chi connectivity index (χ3n) is 4.42. The molecule has 0 aliphatic carbocycles. The number of hydrogen-bond acceptors (Lipinski definition) is 3. The van der Waals surface area contributed by atoms with Crippen molar-refractivity contribution in [3.8, 4) is 0 Å². The number of halogens is 1. The van der Waals surface area contributed by atoms with Gasteiger partial charge in [-0.3, -0.25) is 9.36 Å². The number of hydrogen-bond donors (Lipinski definition) is 0. The minimum absolute atomic E-state index is 0.00780. The molecule has 3 aromatic rings. The predicted molar refractivity (Wildman–Crippen MR) is 88.4 cm³/mol. The summed E-state index contributed by atoms with van der Waals surface area (Å²) in [5.74, 6) is 0.408. The Hall–Kier alpha value is -1.66. The van der Waals surface area contributed by atoms with Crippen molar-refractivity contribution in [1.29, 1.82) is 0 Å². The first kappa shape index (κ1) is 14.0. The highest BCUT2D eigenvalue weighted by Crippen LogP contribution is 2.27. The number of rotatable bonds is 1. The van der Waals surface area contributed by atoms with Crippen LogP contribution in [-0.4, -0.2) is 27.4 Å². The highest BCUT2D eigenvalue weighted by molar-refractivity contribution is 9.10. The zero-order valence-corrected chi connectivity index (χ0v) is 13.8. The van der Waals surface area contributed by atoms with Crippen LogP contribution in [0.3, 0.4) is 0 Å². The normalized spacial score (nSPS) is 16.6. The van der Waals surface area contributed by atoms with Crippen LogP contribution < -0.4 is 5.56 Å². The van der Waals surface area contributed by atoms with Crippen LogP contribution in [0.5, 0.6) is 0 Å². The number of aryl methyl sites for hydroxylation is 1. The first-order valence-corrected chi connectivity index (χ1v) is 8.20. The summed E-state index contributed by atoms with van der Waals surface area (Å²) in [4.78, 5) is 12.5. The quantitative estimate of drug-likeness (QED) is 0.669. The second kappa shape index (κ2) is 5.21. The van der Waals surface area contributed by atoms with Crippen LogP contribution in [0.2, 0.25) is 0 Å². The van der Waals surface area contributed by atoms with Gasteiger partial charge in [0, 0.05) is 36.7 Å². The maximum Gasteiger partial charge on any atom is 0.261 e. The lowest BCUT2D eigenvalue weighted by atomic mass is 9.97. The molecule has 1 fully saturated rings. The standard InChI is InChI=1S/C16H16BrN3O2/c1-19-15-9-13(10-4-6-22-7-5-10)18-20(15)14-8-11(17)2-3-12(14)16(19)21/h2-3,8-10H,4-7H2,1H3. The van der Waals surface area contributed by atoms with Crippen molar-refractivity contribution in [3.05, 3.63) is 44.8 Å². The molecule has 0 saturated carbocycles. The summed E-state index contributed by atoms with van der Waals surface area (Å²) in [6.07, 6.45) is 1.97. The van der Waals surface area contributed by atoms with E-state index < -0.39 is 0 Å². The van der Waals surface area contributed by atoms with E-state index in [1.165, 1.54) is 0 Å². The topological polar surface area (TPSA) is 48.5 Å². The number of aromatic nitrogens is 3. The van der Waals surface area contributed by atoms with E-state index in [1.807, 2.05) is 28.8 Å². The van der Waals surface area contributed by atoms with Gasteiger partial charge in [0.05, 0.1) is 16.6 Å². The fourth-order valence-electron chi connectivity index (χ4n) is 3.14.